The van der Waals surface area contributed by atoms with Crippen LogP contribution in [0.2, 0.25) is 0 Å². The normalized spacial score (nSPS) is 39.9. The molecule has 2 aliphatic rings. The summed E-state index contributed by atoms with van der Waals surface area (Å²) < 4.78 is 23.5. The molecule has 4 heteroatoms. The van der Waals surface area contributed by atoms with E-state index in [4.69, 9.17) is 9.47 Å². The summed E-state index contributed by atoms with van der Waals surface area (Å²) in [6.07, 6.45) is 1.67. The molecular weight excluding hydrogens is 173 g/mol. The first-order valence-corrected chi connectivity index (χ1v) is 4.93. The van der Waals surface area contributed by atoms with E-state index in [1.54, 1.807) is 0 Å². The van der Waals surface area contributed by atoms with Crippen molar-refractivity contribution in [1.29, 1.82) is 0 Å². The maximum absolute atomic E-state index is 13.0. The molecule has 1 unspecified atom stereocenters. The molecule has 2 saturated heterocycles. The highest BCUT2D eigenvalue weighted by atomic mass is 19.1. The minimum absolute atomic E-state index is 0.121. The van der Waals surface area contributed by atoms with Crippen LogP contribution in [0.15, 0.2) is 0 Å². The summed E-state index contributed by atoms with van der Waals surface area (Å²) in [5.41, 5.74) is 0. The summed E-state index contributed by atoms with van der Waals surface area (Å²) in [4.78, 5) is 0. The van der Waals surface area contributed by atoms with Crippen molar-refractivity contribution in [2.45, 2.75) is 31.2 Å². The van der Waals surface area contributed by atoms with Gasteiger partial charge in [-0.2, -0.15) is 0 Å². The number of nitrogens with one attached hydrogen (secondary N) is 1. The average Bonchev–Trinajstić information content (AvgIpc) is 2.72. The van der Waals surface area contributed by atoms with E-state index in [-0.39, 0.29) is 18.8 Å². The molecule has 2 rings (SSSR count). The number of rotatable bonds is 3. The van der Waals surface area contributed by atoms with E-state index in [9.17, 15) is 4.39 Å². The van der Waals surface area contributed by atoms with Crippen molar-refractivity contribution in [3.8, 4) is 0 Å². The zero-order valence-electron chi connectivity index (χ0n) is 7.67. The predicted octanol–water partition coefficient (Wildman–Crippen LogP) is 0.492. The van der Waals surface area contributed by atoms with E-state index in [1.165, 1.54) is 0 Å². The molecule has 76 valence electrons. The van der Waals surface area contributed by atoms with Gasteiger partial charge < -0.3 is 14.8 Å². The van der Waals surface area contributed by atoms with E-state index in [1.807, 2.05) is 0 Å². The fraction of sp³-hybridized carbons (Fsp3) is 1.00. The maximum Gasteiger partial charge on any atom is 0.141 e. The van der Waals surface area contributed by atoms with Crippen LogP contribution in [0.4, 0.5) is 4.39 Å². The van der Waals surface area contributed by atoms with Gasteiger partial charge in [-0.15, -0.1) is 0 Å². The third kappa shape index (κ3) is 2.39. The lowest BCUT2D eigenvalue weighted by Crippen LogP contribution is -2.40. The Labute approximate surface area is 77.6 Å². The van der Waals surface area contributed by atoms with E-state index in [2.05, 4.69) is 5.32 Å². The number of hydrogen-bond acceptors (Lipinski definition) is 3. The molecule has 0 aliphatic carbocycles. The Hall–Kier alpha value is -0.190. The molecule has 1 N–H and O–H groups in total. The van der Waals surface area contributed by atoms with E-state index < -0.39 is 6.17 Å². The third-order valence-electron chi connectivity index (χ3n) is 2.64. The predicted molar refractivity (Wildman–Crippen MR) is 46.5 cm³/mol. The zero-order chi connectivity index (χ0) is 9.10. The van der Waals surface area contributed by atoms with Gasteiger partial charge in [-0.25, -0.2) is 4.39 Å². The molecule has 0 aromatic carbocycles. The van der Waals surface area contributed by atoms with Crippen molar-refractivity contribution in [3.63, 3.8) is 0 Å². The number of halogens is 1. The molecule has 0 spiro atoms. The standard InChI is InChI=1S/C9H16FNO2/c10-8-5-12-6-9(8)11-4-7-2-1-3-13-7/h7-9,11H,1-6H2/t7?,8-,9-/m1/s1. The lowest BCUT2D eigenvalue weighted by molar-refractivity contribution is 0.104. The molecule has 0 bridgehead atoms. The summed E-state index contributed by atoms with van der Waals surface area (Å²) >= 11 is 0. The molecule has 3 atom stereocenters. The minimum atomic E-state index is -0.846. The first-order chi connectivity index (χ1) is 6.36. The van der Waals surface area contributed by atoms with E-state index in [0.29, 0.717) is 6.61 Å². The molecule has 0 aromatic rings. The van der Waals surface area contributed by atoms with E-state index >= 15 is 0 Å². The van der Waals surface area contributed by atoms with Crippen molar-refractivity contribution < 1.29 is 13.9 Å². The van der Waals surface area contributed by atoms with Crippen molar-refractivity contribution in [3.05, 3.63) is 0 Å². The maximum atomic E-state index is 13.0. The summed E-state index contributed by atoms with van der Waals surface area (Å²) in [6.45, 7) is 2.35. The first kappa shape index (κ1) is 9.37. The van der Waals surface area contributed by atoms with E-state index in [0.717, 1.165) is 26.0 Å². The zero-order valence-corrected chi connectivity index (χ0v) is 7.67. The monoisotopic (exact) mass is 189 g/mol. The molecule has 0 saturated carbocycles. The second kappa shape index (κ2) is 4.35. The fourth-order valence-corrected chi connectivity index (χ4v) is 1.80. The van der Waals surface area contributed by atoms with Crippen LogP contribution in [-0.2, 0) is 9.47 Å². The highest BCUT2D eigenvalue weighted by Crippen LogP contribution is 2.13. The number of alkyl halides is 1. The van der Waals surface area contributed by atoms with Gasteiger partial charge in [-0.1, -0.05) is 0 Å². The molecule has 2 fully saturated rings. The van der Waals surface area contributed by atoms with Crippen LogP contribution < -0.4 is 5.32 Å². The van der Waals surface area contributed by atoms with Gasteiger partial charge in [0.05, 0.1) is 25.4 Å². The van der Waals surface area contributed by atoms with Crippen molar-refractivity contribution in [2.24, 2.45) is 0 Å². The second-order valence-corrected chi connectivity index (χ2v) is 3.70. The highest BCUT2D eigenvalue weighted by molar-refractivity contribution is 4.82. The van der Waals surface area contributed by atoms with Gasteiger partial charge in [-0.3, -0.25) is 0 Å². The smallest absolute Gasteiger partial charge is 0.141 e. The lowest BCUT2D eigenvalue weighted by atomic mass is 10.2. The number of hydrogen-bond donors (Lipinski definition) is 1. The largest absolute Gasteiger partial charge is 0.377 e. The SMILES string of the molecule is F[C@@H]1COC[C@H]1NCC1CCCO1. The summed E-state index contributed by atoms with van der Waals surface area (Å²) in [7, 11) is 0. The Bertz CT molecular complexity index is 162. The van der Waals surface area contributed by atoms with Crippen LogP contribution in [0.1, 0.15) is 12.8 Å². The molecule has 13 heavy (non-hydrogen) atoms. The Morgan fingerprint density at radius 2 is 2.31 bits per heavy atom. The molecule has 0 aromatic heterocycles. The minimum Gasteiger partial charge on any atom is -0.377 e. The van der Waals surface area contributed by atoms with Gasteiger partial charge in [0.15, 0.2) is 0 Å². The molecule has 3 nitrogen and oxygen atoms in total. The van der Waals surface area contributed by atoms with Crippen LogP contribution in [-0.4, -0.2) is 44.7 Å². The van der Waals surface area contributed by atoms with Gasteiger partial charge in [0.1, 0.15) is 6.17 Å². The van der Waals surface area contributed by atoms with Crippen LogP contribution in [0.5, 0.6) is 0 Å². The molecule has 2 heterocycles. The van der Waals surface area contributed by atoms with Crippen LogP contribution >= 0.6 is 0 Å². The lowest BCUT2D eigenvalue weighted by Gasteiger charge is -2.16. The quantitative estimate of drug-likeness (QED) is 0.701. The van der Waals surface area contributed by atoms with Gasteiger partial charge >= 0.3 is 0 Å². The van der Waals surface area contributed by atoms with Gasteiger partial charge in [0.25, 0.3) is 0 Å². The van der Waals surface area contributed by atoms with Crippen LogP contribution in [0.25, 0.3) is 0 Å². The summed E-state index contributed by atoms with van der Waals surface area (Å²) in [6, 6.07) is -0.121. The third-order valence-corrected chi connectivity index (χ3v) is 2.64. The van der Waals surface area contributed by atoms with Crippen LogP contribution in [0.3, 0.4) is 0 Å². The molecular formula is C9H16FNO2. The van der Waals surface area contributed by atoms with Crippen molar-refractivity contribution in [2.75, 3.05) is 26.4 Å². The summed E-state index contributed by atoms with van der Waals surface area (Å²) in [5.74, 6) is 0. The summed E-state index contributed by atoms with van der Waals surface area (Å²) in [5, 5.41) is 3.15. The highest BCUT2D eigenvalue weighted by Gasteiger charge is 2.28. The van der Waals surface area contributed by atoms with Gasteiger partial charge in [-0.05, 0) is 12.8 Å². The fourth-order valence-electron chi connectivity index (χ4n) is 1.80. The van der Waals surface area contributed by atoms with Crippen LogP contribution in [0, 0.1) is 0 Å². The topological polar surface area (TPSA) is 30.5 Å². The molecule has 0 radical (unpaired) electrons. The number of ether oxygens (including phenoxy) is 2. The Morgan fingerprint density at radius 1 is 1.38 bits per heavy atom. The van der Waals surface area contributed by atoms with Gasteiger partial charge in [0.2, 0.25) is 0 Å². The Kier molecular flexibility index (Phi) is 3.14. The molecule has 2 aliphatic heterocycles. The van der Waals surface area contributed by atoms with Crippen molar-refractivity contribution >= 4 is 0 Å². The van der Waals surface area contributed by atoms with Crippen molar-refractivity contribution in [1.82, 2.24) is 5.32 Å². The average molecular weight is 189 g/mol. The second-order valence-electron chi connectivity index (χ2n) is 3.70. The molecule has 0 amide bonds. The Morgan fingerprint density at radius 3 is 2.92 bits per heavy atom. The van der Waals surface area contributed by atoms with Gasteiger partial charge in [0, 0.05) is 13.2 Å². The Balaban J connectivity index is 1.66. The first-order valence-electron chi connectivity index (χ1n) is 4.93.